The molecule has 2 N–H and O–H groups in total. The van der Waals surface area contributed by atoms with Crippen molar-refractivity contribution in [2.45, 2.75) is 31.7 Å². The van der Waals surface area contributed by atoms with Crippen LogP contribution in [0.3, 0.4) is 0 Å². The highest BCUT2D eigenvalue weighted by Gasteiger charge is 2.30. The van der Waals surface area contributed by atoms with Gasteiger partial charge in [0.1, 0.15) is 5.00 Å². The molecule has 0 unspecified atom stereocenters. The Morgan fingerprint density at radius 3 is 2.32 bits per heavy atom. The van der Waals surface area contributed by atoms with Crippen molar-refractivity contribution in [3.8, 4) is 0 Å². The lowest BCUT2D eigenvalue weighted by molar-refractivity contribution is 0.0962. The Morgan fingerprint density at radius 1 is 1.12 bits per heavy atom. The summed E-state index contributed by atoms with van der Waals surface area (Å²) in [5.41, 5.74) is 1.42. The predicted molar refractivity (Wildman–Crippen MR) is 129 cm³/mol. The number of hydrogen-bond donors (Lipinski definition) is 2. The topological polar surface area (TPSA) is 125 Å². The molecule has 34 heavy (non-hydrogen) atoms. The zero-order valence-corrected chi connectivity index (χ0v) is 21.1. The summed E-state index contributed by atoms with van der Waals surface area (Å²) in [6.07, 6.45) is 0.00294. The first-order valence-corrected chi connectivity index (χ1v) is 13.0. The minimum atomic E-state index is -3.63. The van der Waals surface area contributed by atoms with Gasteiger partial charge in [-0.05, 0) is 36.2 Å². The van der Waals surface area contributed by atoms with Crippen molar-refractivity contribution < 1.29 is 27.5 Å². The second kappa shape index (κ2) is 10.5. The first-order valence-electron chi connectivity index (χ1n) is 10.8. The molecule has 0 fully saturated rings. The van der Waals surface area contributed by atoms with Crippen LogP contribution in [0.2, 0.25) is 0 Å². The van der Waals surface area contributed by atoms with Gasteiger partial charge in [-0.25, -0.2) is 13.2 Å². The van der Waals surface area contributed by atoms with Crippen LogP contribution in [0, 0.1) is 0 Å². The average molecular weight is 509 g/mol. The number of anilines is 1. The maximum atomic E-state index is 12.9. The molecule has 0 saturated heterocycles. The van der Waals surface area contributed by atoms with E-state index in [0.29, 0.717) is 36.6 Å². The molecule has 0 radical (unpaired) electrons. The molecule has 0 atom stereocenters. The normalized spacial score (nSPS) is 13.4. The van der Waals surface area contributed by atoms with E-state index in [1.807, 2.05) is 0 Å². The highest BCUT2D eigenvalue weighted by atomic mass is 32.2. The average Bonchev–Trinajstić information content (AvgIpc) is 3.20. The molecule has 1 aliphatic heterocycles. The molecule has 10 nitrogen and oxygen atoms in total. The largest absolute Gasteiger partial charge is 0.453 e. The summed E-state index contributed by atoms with van der Waals surface area (Å²) in [4.78, 5) is 39.9. The molecule has 0 bridgehead atoms. The van der Waals surface area contributed by atoms with Gasteiger partial charge in [0.25, 0.3) is 11.8 Å². The van der Waals surface area contributed by atoms with Gasteiger partial charge in [0, 0.05) is 37.1 Å². The molecular formula is C22H28N4O6S2. The number of nitrogens with one attached hydrogen (secondary N) is 2. The first kappa shape index (κ1) is 25.7. The SMILES string of the molecule is CCN(CC)S(=O)(=O)c1ccc(C(=O)Nc2sc3c(c2C(=O)NC)CCN(C(=O)OC)C3)cc1. The molecule has 1 aliphatic rings. The second-order valence-corrected chi connectivity index (χ2v) is 10.5. The number of rotatable bonds is 7. The lowest BCUT2D eigenvalue weighted by Crippen LogP contribution is -2.35. The zero-order chi connectivity index (χ0) is 25.0. The Kier molecular flexibility index (Phi) is 7.95. The number of nitrogens with zero attached hydrogens (tertiary/aromatic N) is 2. The fourth-order valence-electron chi connectivity index (χ4n) is 3.81. The van der Waals surface area contributed by atoms with Gasteiger partial charge < -0.3 is 20.3 Å². The number of hydrogen-bond acceptors (Lipinski definition) is 7. The van der Waals surface area contributed by atoms with Crippen LogP contribution in [0.4, 0.5) is 9.80 Å². The summed E-state index contributed by atoms with van der Waals surface area (Å²) in [7, 11) is -0.810. The number of ether oxygens (including phenoxy) is 1. The summed E-state index contributed by atoms with van der Waals surface area (Å²) in [6.45, 7) is 4.90. The standard InChI is InChI=1S/C22H28N4O6S2/c1-5-26(6-2)34(30,31)15-9-7-14(8-10-15)19(27)24-21-18(20(28)23-3)16-11-12-25(22(29)32-4)13-17(16)33-21/h7-10H,5-6,11-13H2,1-4H3,(H,23,28)(H,24,27). The lowest BCUT2D eigenvalue weighted by Gasteiger charge is -2.25. The number of amides is 3. The van der Waals surface area contributed by atoms with Crippen LogP contribution < -0.4 is 10.6 Å². The van der Waals surface area contributed by atoms with Crippen molar-refractivity contribution in [1.82, 2.24) is 14.5 Å². The summed E-state index contributed by atoms with van der Waals surface area (Å²) >= 11 is 1.23. The number of carbonyl (C=O) groups excluding carboxylic acids is 3. The van der Waals surface area contributed by atoms with E-state index >= 15 is 0 Å². The fourth-order valence-corrected chi connectivity index (χ4v) is 6.52. The molecule has 0 spiro atoms. The second-order valence-electron chi connectivity index (χ2n) is 7.50. The van der Waals surface area contributed by atoms with E-state index < -0.39 is 22.0 Å². The Balaban J connectivity index is 1.87. The zero-order valence-electron chi connectivity index (χ0n) is 19.5. The van der Waals surface area contributed by atoms with Crippen molar-refractivity contribution in [1.29, 1.82) is 0 Å². The van der Waals surface area contributed by atoms with Crippen LogP contribution in [0.15, 0.2) is 29.2 Å². The number of methoxy groups -OCH3 is 1. The number of sulfonamides is 1. The molecule has 12 heteroatoms. The van der Waals surface area contributed by atoms with Gasteiger partial charge >= 0.3 is 6.09 Å². The maximum absolute atomic E-state index is 12.9. The highest BCUT2D eigenvalue weighted by Crippen LogP contribution is 2.37. The lowest BCUT2D eigenvalue weighted by atomic mass is 10.0. The maximum Gasteiger partial charge on any atom is 0.409 e. The van der Waals surface area contributed by atoms with E-state index in [2.05, 4.69) is 10.6 Å². The van der Waals surface area contributed by atoms with Gasteiger partial charge in [0.15, 0.2) is 0 Å². The number of carbonyl (C=O) groups is 3. The van der Waals surface area contributed by atoms with Crippen molar-refractivity contribution in [2.75, 3.05) is 39.1 Å². The third-order valence-electron chi connectivity index (χ3n) is 5.63. The molecule has 0 aliphatic carbocycles. The van der Waals surface area contributed by atoms with E-state index in [1.165, 1.54) is 59.0 Å². The molecule has 3 rings (SSSR count). The van der Waals surface area contributed by atoms with E-state index in [0.717, 1.165) is 10.4 Å². The van der Waals surface area contributed by atoms with Crippen LogP contribution in [0.5, 0.6) is 0 Å². The Bertz CT molecular complexity index is 1190. The predicted octanol–water partition coefficient (Wildman–Crippen LogP) is 2.52. The highest BCUT2D eigenvalue weighted by molar-refractivity contribution is 7.89. The Labute approximate surface area is 202 Å². The van der Waals surface area contributed by atoms with Crippen LogP contribution in [0.25, 0.3) is 0 Å². The molecule has 2 heterocycles. The molecule has 3 amide bonds. The van der Waals surface area contributed by atoms with Crippen LogP contribution in [-0.2, 0) is 27.7 Å². The fraction of sp³-hybridized carbons (Fsp3) is 0.409. The van der Waals surface area contributed by atoms with Crippen molar-refractivity contribution >= 4 is 44.3 Å². The Morgan fingerprint density at radius 2 is 1.76 bits per heavy atom. The van der Waals surface area contributed by atoms with Gasteiger partial charge in [-0.2, -0.15) is 4.31 Å². The number of thiophene rings is 1. The smallest absolute Gasteiger partial charge is 0.409 e. The Hall–Kier alpha value is -2.96. The number of benzene rings is 1. The first-order chi connectivity index (χ1) is 16.2. The van der Waals surface area contributed by atoms with E-state index in [4.69, 9.17) is 4.74 Å². The number of fused-ring (bicyclic) bond motifs is 1. The van der Waals surface area contributed by atoms with Gasteiger partial charge in [-0.3, -0.25) is 9.59 Å². The van der Waals surface area contributed by atoms with E-state index in [1.54, 1.807) is 13.8 Å². The molecule has 1 aromatic heterocycles. The summed E-state index contributed by atoms with van der Waals surface area (Å²) < 4.78 is 31.5. The van der Waals surface area contributed by atoms with Crippen LogP contribution >= 0.6 is 11.3 Å². The van der Waals surface area contributed by atoms with Crippen LogP contribution in [-0.4, -0.2) is 69.3 Å². The quantitative estimate of drug-likeness (QED) is 0.592. The van der Waals surface area contributed by atoms with Gasteiger partial charge in [0.2, 0.25) is 10.0 Å². The summed E-state index contributed by atoms with van der Waals surface area (Å²) in [5.74, 6) is -0.805. The summed E-state index contributed by atoms with van der Waals surface area (Å²) in [6, 6.07) is 5.68. The van der Waals surface area contributed by atoms with Gasteiger partial charge in [0.05, 0.1) is 24.1 Å². The molecule has 1 aromatic carbocycles. The van der Waals surface area contributed by atoms with Crippen molar-refractivity contribution in [3.63, 3.8) is 0 Å². The summed E-state index contributed by atoms with van der Waals surface area (Å²) in [5, 5.41) is 5.76. The van der Waals surface area contributed by atoms with E-state index in [-0.39, 0.29) is 22.9 Å². The minimum Gasteiger partial charge on any atom is -0.453 e. The third-order valence-corrected chi connectivity index (χ3v) is 8.83. The van der Waals surface area contributed by atoms with Crippen molar-refractivity contribution in [2.24, 2.45) is 0 Å². The minimum absolute atomic E-state index is 0.105. The third kappa shape index (κ3) is 4.93. The van der Waals surface area contributed by atoms with Crippen LogP contribution in [0.1, 0.15) is 45.0 Å². The van der Waals surface area contributed by atoms with Gasteiger partial charge in [-0.1, -0.05) is 13.8 Å². The monoisotopic (exact) mass is 508 g/mol. The van der Waals surface area contributed by atoms with E-state index in [9.17, 15) is 22.8 Å². The molecule has 2 aromatic rings. The molecule has 184 valence electrons. The molecule has 0 saturated carbocycles. The van der Waals surface area contributed by atoms with Crippen molar-refractivity contribution in [3.05, 3.63) is 45.8 Å². The molecular weight excluding hydrogens is 480 g/mol. The van der Waals surface area contributed by atoms with Gasteiger partial charge in [-0.15, -0.1) is 11.3 Å².